The van der Waals surface area contributed by atoms with Crippen molar-refractivity contribution in [2.75, 3.05) is 13.1 Å². The summed E-state index contributed by atoms with van der Waals surface area (Å²) in [6.45, 7) is 3.66. The quantitative estimate of drug-likeness (QED) is 0.921. The predicted molar refractivity (Wildman–Crippen MR) is 92.6 cm³/mol. The number of piperidine rings is 1. The molecule has 1 aliphatic heterocycles. The van der Waals surface area contributed by atoms with Crippen LogP contribution < -0.4 is 5.32 Å². The van der Waals surface area contributed by atoms with Crippen molar-refractivity contribution in [1.29, 1.82) is 5.26 Å². The van der Waals surface area contributed by atoms with Gasteiger partial charge < -0.3 is 0 Å². The van der Waals surface area contributed by atoms with Gasteiger partial charge in [-0.05, 0) is 24.0 Å². The van der Waals surface area contributed by atoms with Crippen LogP contribution in [0.2, 0.25) is 0 Å². The Kier molecular flexibility index (Phi) is 5.07. The fourth-order valence-corrected chi connectivity index (χ4v) is 3.13. The third kappa shape index (κ3) is 4.19. The first kappa shape index (κ1) is 15.7. The van der Waals surface area contributed by atoms with E-state index in [0.717, 1.165) is 39.0 Å². The van der Waals surface area contributed by atoms with Gasteiger partial charge in [-0.15, -0.1) is 0 Å². The molecule has 1 heterocycles. The Morgan fingerprint density at radius 2 is 1.48 bits per heavy atom. The van der Waals surface area contributed by atoms with Crippen molar-refractivity contribution in [3.8, 4) is 6.07 Å². The molecule has 0 aliphatic carbocycles. The van der Waals surface area contributed by atoms with Crippen molar-refractivity contribution in [3.63, 3.8) is 0 Å². The van der Waals surface area contributed by atoms with E-state index in [4.69, 9.17) is 0 Å². The lowest BCUT2D eigenvalue weighted by Gasteiger charge is -2.38. The Morgan fingerprint density at radius 3 is 2.04 bits per heavy atom. The van der Waals surface area contributed by atoms with Crippen molar-refractivity contribution < 1.29 is 0 Å². The topological polar surface area (TPSA) is 39.1 Å². The first-order valence-corrected chi connectivity index (χ1v) is 8.26. The molecule has 1 fully saturated rings. The van der Waals surface area contributed by atoms with E-state index in [1.165, 1.54) is 11.1 Å². The van der Waals surface area contributed by atoms with Crippen molar-refractivity contribution in [3.05, 3.63) is 71.8 Å². The number of hydrogen-bond acceptors (Lipinski definition) is 3. The summed E-state index contributed by atoms with van der Waals surface area (Å²) in [7, 11) is 0. The molecular weight excluding hydrogens is 282 g/mol. The largest absolute Gasteiger partial charge is 0.299 e. The van der Waals surface area contributed by atoms with Crippen LogP contribution in [0.4, 0.5) is 0 Å². The molecule has 1 aliphatic rings. The fourth-order valence-electron chi connectivity index (χ4n) is 3.13. The normalized spacial score (nSPS) is 17.5. The lowest BCUT2D eigenvalue weighted by Crippen LogP contribution is -2.52. The van der Waals surface area contributed by atoms with E-state index < -0.39 is 0 Å². The molecule has 23 heavy (non-hydrogen) atoms. The summed E-state index contributed by atoms with van der Waals surface area (Å²) in [5.41, 5.74) is 2.19. The molecule has 0 aromatic heterocycles. The lowest BCUT2D eigenvalue weighted by atomic mass is 9.88. The molecule has 0 unspecified atom stereocenters. The highest BCUT2D eigenvalue weighted by molar-refractivity contribution is 5.18. The van der Waals surface area contributed by atoms with Gasteiger partial charge >= 0.3 is 0 Å². The molecule has 3 rings (SSSR count). The molecular formula is C20H23N3. The second-order valence-electron chi connectivity index (χ2n) is 6.29. The van der Waals surface area contributed by atoms with E-state index >= 15 is 0 Å². The van der Waals surface area contributed by atoms with Crippen LogP contribution in [-0.4, -0.2) is 23.5 Å². The van der Waals surface area contributed by atoms with Gasteiger partial charge in [0.2, 0.25) is 0 Å². The van der Waals surface area contributed by atoms with Gasteiger partial charge in [-0.1, -0.05) is 60.7 Å². The predicted octanol–water partition coefficient (Wildman–Crippen LogP) is 3.33. The van der Waals surface area contributed by atoms with Crippen LogP contribution in [0, 0.1) is 11.3 Å². The maximum absolute atomic E-state index is 9.66. The molecule has 3 nitrogen and oxygen atoms in total. The number of nitrogens with zero attached hydrogens (tertiary/aromatic N) is 2. The summed E-state index contributed by atoms with van der Waals surface area (Å²) in [5, 5.41) is 13.2. The maximum Gasteiger partial charge on any atom is 0.109 e. The Morgan fingerprint density at radius 1 is 0.913 bits per heavy atom. The number of benzene rings is 2. The first-order valence-electron chi connectivity index (χ1n) is 8.26. The lowest BCUT2D eigenvalue weighted by molar-refractivity contribution is 0.159. The number of nitrogens with one attached hydrogen (secondary N) is 1. The van der Waals surface area contributed by atoms with E-state index in [0.29, 0.717) is 0 Å². The molecule has 0 bridgehead atoms. The second kappa shape index (κ2) is 7.41. The third-order valence-electron chi connectivity index (χ3n) is 4.65. The molecule has 118 valence electrons. The Labute approximate surface area is 138 Å². The Bertz CT molecular complexity index is 638. The van der Waals surface area contributed by atoms with Crippen molar-refractivity contribution in [2.24, 2.45) is 0 Å². The standard InChI is InChI=1S/C20H23N3/c21-17-20(22-15-18-7-3-1-4-8-18)11-13-23(14-12-20)16-19-9-5-2-6-10-19/h1-10,22H,11-16H2. The minimum atomic E-state index is -0.386. The summed E-state index contributed by atoms with van der Waals surface area (Å²) < 4.78 is 0. The molecule has 3 heteroatoms. The number of likely N-dealkylation sites (tertiary alicyclic amines) is 1. The number of nitriles is 1. The molecule has 0 spiro atoms. The molecule has 0 saturated carbocycles. The fraction of sp³-hybridized carbons (Fsp3) is 0.350. The highest BCUT2D eigenvalue weighted by Gasteiger charge is 2.34. The van der Waals surface area contributed by atoms with Crippen LogP contribution in [0.3, 0.4) is 0 Å². The van der Waals surface area contributed by atoms with Crippen molar-refractivity contribution in [2.45, 2.75) is 31.5 Å². The highest BCUT2D eigenvalue weighted by atomic mass is 15.2. The molecule has 0 atom stereocenters. The van der Waals surface area contributed by atoms with Gasteiger partial charge in [0, 0.05) is 26.2 Å². The minimum absolute atomic E-state index is 0.386. The van der Waals surface area contributed by atoms with Gasteiger partial charge in [0.05, 0.1) is 6.07 Å². The van der Waals surface area contributed by atoms with Crippen LogP contribution in [0.5, 0.6) is 0 Å². The van der Waals surface area contributed by atoms with Gasteiger partial charge in [-0.2, -0.15) is 5.26 Å². The van der Waals surface area contributed by atoms with Crippen LogP contribution in [-0.2, 0) is 13.1 Å². The average Bonchev–Trinajstić information content (AvgIpc) is 2.63. The molecule has 2 aromatic rings. The smallest absolute Gasteiger partial charge is 0.109 e. The zero-order valence-corrected chi connectivity index (χ0v) is 13.4. The van der Waals surface area contributed by atoms with E-state index in [9.17, 15) is 5.26 Å². The summed E-state index contributed by atoms with van der Waals surface area (Å²) >= 11 is 0. The van der Waals surface area contributed by atoms with Crippen molar-refractivity contribution >= 4 is 0 Å². The molecule has 1 saturated heterocycles. The van der Waals surface area contributed by atoms with Gasteiger partial charge in [0.15, 0.2) is 0 Å². The number of hydrogen-bond donors (Lipinski definition) is 1. The van der Waals surface area contributed by atoms with Crippen LogP contribution in [0.1, 0.15) is 24.0 Å². The first-order chi connectivity index (χ1) is 11.3. The van der Waals surface area contributed by atoms with E-state index in [-0.39, 0.29) is 5.54 Å². The maximum atomic E-state index is 9.66. The summed E-state index contributed by atoms with van der Waals surface area (Å²) in [5.74, 6) is 0. The monoisotopic (exact) mass is 305 g/mol. The third-order valence-corrected chi connectivity index (χ3v) is 4.65. The van der Waals surface area contributed by atoms with Crippen molar-refractivity contribution in [1.82, 2.24) is 10.2 Å². The van der Waals surface area contributed by atoms with Crippen LogP contribution in [0.15, 0.2) is 60.7 Å². The number of rotatable bonds is 5. The Balaban J connectivity index is 1.54. The second-order valence-corrected chi connectivity index (χ2v) is 6.29. The molecule has 0 amide bonds. The minimum Gasteiger partial charge on any atom is -0.299 e. The zero-order valence-electron chi connectivity index (χ0n) is 13.4. The van der Waals surface area contributed by atoms with Gasteiger partial charge in [0.1, 0.15) is 5.54 Å². The zero-order chi connectivity index (χ0) is 16.0. The highest BCUT2D eigenvalue weighted by Crippen LogP contribution is 2.23. The molecule has 0 radical (unpaired) electrons. The summed E-state index contributed by atoms with van der Waals surface area (Å²) in [6, 6.07) is 23.4. The van der Waals surface area contributed by atoms with E-state index in [1.54, 1.807) is 0 Å². The van der Waals surface area contributed by atoms with Gasteiger partial charge in [-0.25, -0.2) is 0 Å². The summed E-state index contributed by atoms with van der Waals surface area (Å²) in [4.78, 5) is 2.44. The van der Waals surface area contributed by atoms with Gasteiger partial charge in [-0.3, -0.25) is 10.2 Å². The van der Waals surface area contributed by atoms with Gasteiger partial charge in [0.25, 0.3) is 0 Å². The molecule has 1 N–H and O–H groups in total. The Hall–Kier alpha value is -2.15. The van der Waals surface area contributed by atoms with E-state index in [2.05, 4.69) is 52.7 Å². The SMILES string of the molecule is N#CC1(NCc2ccccc2)CCN(Cc2ccccc2)CC1. The van der Waals surface area contributed by atoms with Crippen LogP contribution in [0.25, 0.3) is 0 Å². The van der Waals surface area contributed by atoms with Crippen LogP contribution >= 0.6 is 0 Å². The summed E-state index contributed by atoms with van der Waals surface area (Å²) in [6.07, 6.45) is 1.76. The van der Waals surface area contributed by atoms with E-state index in [1.807, 2.05) is 24.3 Å². The average molecular weight is 305 g/mol. The molecule has 2 aromatic carbocycles.